The highest BCUT2D eigenvalue weighted by atomic mass is 16.3. The normalized spacial score (nSPS) is 12.5. The van der Waals surface area contributed by atoms with Crippen molar-refractivity contribution in [2.24, 2.45) is 0 Å². The molecule has 3 nitrogen and oxygen atoms in total. The first-order valence-corrected chi connectivity index (χ1v) is 5.16. The van der Waals surface area contributed by atoms with E-state index >= 15 is 0 Å². The molecule has 3 heteroatoms. The van der Waals surface area contributed by atoms with Gasteiger partial charge in [0.25, 0.3) is 0 Å². The molecule has 14 heavy (non-hydrogen) atoms. The zero-order valence-corrected chi connectivity index (χ0v) is 9.70. The second-order valence-corrected chi connectivity index (χ2v) is 4.44. The van der Waals surface area contributed by atoms with Crippen molar-refractivity contribution in [2.45, 2.75) is 52.7 Å². The second-order valence-electron chi connectivity index (χ2n) is 4.44. The van der Waals surface area contributed by atoms with E-state index in [0.29, 0.717) is 6.04 Å². The lowest BCUT2D eigenvalue weighted by molar-refractivity contribution is 0.0682. The number of hydrogen-bond acceptors (Lipinski definition) is 2. The topological polar surface area (TPSA) is 38.1 Å². The van der Waals surface area contributed by atoms with Crippen LogP contribution < -0.4 is 0 Å². The van der Waals surface area contributed by atoms with Gasteiger partial charge >= 0.3 is 0 Å². The first-order chi connectivity index (χ1) is 6.38. The van der Waals surface area contributed by atoms with E-state index in [4.69, 9.17) is 0 Å². The Morgan fingerprint density at radius 2 is 2.07 bits per heavy atom. The van der Waals surface area contributed by atoms with Crippen LogP contribution in [0, 0.1) is 0 Å². The Balaban J connectivity index is 3.25. The molecule has 80 valence electrons. The highest BCUT2D eigenvalue weighted by molar-refractivity contribution is 5.13. The molecule has 1 N–H and O–H groups in total. The Bertz CT molecular complexity index is 308. The lowest BCUT2D eigenvalue weighted by Crippen LogP contribution is -2.22. The van der Waals surface area contributed by atoms with E-state index in [9.17, 15) is 5.11 Å². The molecule has 0 aromatic carbocycles. The summed E-state index contributed by atoms with van der Waals surface area (Å²) in [5.41, 5.74) is 0.0781. The van der Waals surface area contributed by atoms with Crippen molar-refractivity contribution in [3.63, 3.8) is 0 Å². The SMILES string of the molecule is CCc1ncc(C(C)(C)O)n1C(C)C. The molecule has 0 bridgehead atoms. The van der Waals surface area contributed by atoms with Crippen LogP contribution in [-0.4, -0.2) is 14.7 Å². The molecular weight excluding hydrogens is 176 g/mol. The monoisotopic (exact) mass is 196 g/mol. The van der Waals surface area contributed by atoms with Crippen LogP contribution in [0.1, 0.15) is 52.2 Å². The predicted octanol–water partition coefficient (Wildman–Crippen LogP) is 2.25. The van der Waals surface area contributed by atoms with Crippen LogP contribution in [0.4, 0.5) is 0 Å². The molecular formula is C11H20N2O. The van der Waals surface area contributed by atoms with Gasteiger partial charge in [-0.3, -0.25) is 0 Å². The van der Waals surface area contributed by atoms with Gasteiger partial charge in [-0.1, -0.05) is 6.92 Å². The van der Waals surface area contributed by atoms with Crippen molar-refractivity contribution in [2.75, 3.05) is 0 Å². The van der Waals surface area contributed by atoms with Crippen molar-refractivity contribution >= 4 is 0 Å². The largest absolute Gasteiger partial charge is 0.384 e. The van der Waals surface area contributed by atoms with Gasteiger partial charge in [-0.05, 0) is 27.7 Å². The quantitative estimate of drug-likeness (QED) is 0.805. The molecule has 0 radical (unpaired) electrons. The van der Waals surface area contributed by atoms with E-state index in [1.54, 1.807) is 20.0 Å². The Labute approximate surface area is 85.8 Å². The highest BCUT2D eigenvalue weighted by Crippen LogP contribution is 2.24. The molecule has 0 aliphatic heterocycles. The maximum atomic E-state index is 9.97. The lowest BCUT2D eigenvalue weighted by Gasteiger charge is -2.23. The average molecular weight is 196 g/mol. The summed E-state index contributed by atoms with van der Waals surface area (Å²) in [5, 5.41) is 9.97. The zero-order chi connectivity index (χ0) is 10.9. The van der Waals surface area contributed by atoms with Crippen LogP contribution in [0.5, 0.6) is 0 Å². The van der Waals surface area contributed by atoms with Gasteiger partial charge in [0.2, 0.25) is 0 Å². The van der Waals surface area contributed by atoms with Crippen LogP contribution in [0.25, 0.3) is 0 Å². The van der Waals surface area contributed by atoms with Gasteiger partial charge in [0.15, 0.2) is 0 Å². The number of hydrogen-bond donors (Lipinski definition) is 1. The molecule has 1 rings (SSSR count). The summed E-state index contributed by atoms with van der Waals surface area (Å²) in [5.74, 6) is 1.04. The number of aryl methyl sites for hydroxylation is 1. The van der Waals surface area contributed by atoms with Gasteiger partial charge in [-0.15, -0.1) is 0 Å². The van der Waals surface area contributed by atoms with Gasteiger partial charge in [0, 0.05) is 12.5 Å². The summed E-state index contributed by atoms with van der Waals surface area (Å²) in [6.45, 7) is 9.88. The molecule has 0 atom stereocenters. The van der Waals surface area contributed by atoms with Crippen molar-refractivity contribution in [1.29, 1.82) is 0 Å². The molecule has 1 aromatic rings. The summed E-state index contributed by atoms with van der Waals surface area (Å²) in [6.07, 6.45) is 2.67. The van der Waals surface area contributed by atoms with Gasteiger partial charge in [-0.25, -0.2) is 4.98 Å². The third-order valence-corrected chi connectivity index (χ3v) is 2.33. The smallest absolute Gasteiger partial charge is 0.108 e. The van der Waals surface area contributed by atoms with Crippen LogP contribution in [0.3, 0.4) is 0 Å². The second kappa shape index (κ2) is 3.73. The maximum Gasteiger partial charge on any atom is 0.108 e. The Morgan fingerprint density at radius 3 is 2.43 bits per heavy atom. The Morgan fingerprint density at radius 1 is 1.50 bits per heavy atom. The van der Waals surface area contributed by atoms with E-state index in [1.165, 1.54) is 0 Å². The van der Waals surface area contributed by atoms with Crippen molar-refractivity contribution in [3.05, 3.63) is 17.7 Å². The minimum atomic E-state index is -0.815. The fourth-order valence-corrected chi connectivity index (χ4v) is 1.69. The molecule has 0 amide bonds. The summed E-state index contributed by atoms with van der Waals surface area (Å²) < 4.78 is 2.11. The number of rotatable bonds is 3. The van der Waals surface area contributed by atoms with E-state index in [-0.39, 0.29) is 0 Å². The summed E-state index contributed by atoms with van der Waals surface area (Å²) in [7, 11) is 0. The molecule has 1 heterocycles. The van der Waals surface area contributed by atoms with E-state index in [2.05, 4.69) is 30.3 Å². The molecule has 0 saturated carbocycles. The maximum absolute atomic E-state index is 9.97. The summed E-state index contributed by atoms with van der Waals surface area (Å²) >= 11 is 0. The molecule has 0 unspecified atom stereocenters. The molecule has 0 spiro atoms. The molecule has 0 fully saturated rings. The van der Waals surface area contributed by atoms with E-state index < -0.39 is 5.60 Å². The molecule has 0 saturated heterocycles. The summed E-state index contributed by atoms with van der Waals surface area (Å²) in [4.78, 5) is 4.33. The van der Waals surface area contributed by atoms with Crippen molar-refractivity contribution < 1.29 is 5.11 Å². The van der Waals surface area contributed by atoms with Gasteiger partial charge < -0.3 is 9.67 Å². The minimum absolute atomic E-state index is 0.342. The Kier molecular flexibility index (Phi) is 3.00. The van der Waals surface area contributed by atoms with E-state index in [0.717, 1.165) is 17.9 Å². The van der Waals surface area contributed by atoms with Crippen LogP contribution >= 0.6 is 0 Å². The number of nitrogens with zero attached hydrogens (tertiary/aromatic N) is 2. The fraction of sp³-hybridized carbons (Fsp3) is 0.727. The van der Waals surface area contributed by atoms with Gasteiger partial charge in [0.1, 0.15) is 11.4 Å². The Hall–Kier alpha value is -0.830. The van der Waals surface area contributed by atoms with E-state index in [1.807, 2.05) is 0 Å². The van der Waals surface area contributed by atoms with Crippen LogP contribution in [-0.2, 0) is 12.0 Å². The summed E-state index contributed by atoms with van der Waals surface area (Å²) in [6, 6.07) is 0.342. The molecule has 0 aliphatic carbocycles. The lowest BCUT2D eigenvalue weighted by atomic mass is 10.1. The van der Waals surface area contributed by atoms with Crippen molar-refractivity contribution in [1.82, 2.24) is 9.55 Å². The third kappa shape index (κ3) is 1.98. The standard InChI is InChI=1S/C11H20N2O/c1-6-10-12-7-9(11(4,5)14)13(10)8(2)3/h7-8,14H,6H2,1-5H3. The average Bonchev–Trinajstić information content (AvgIpc) is 2.45. The molecule has 1 aromatic heterocycles. The van der Waals surface area contributed by atoms with Crippen LogP contribution in [0.2, 0.25) is 0 Å². The number of imidazole rings is 1. The third-order valence-electron chi connectivity index (χ3n) is 2.33. The van der Waals surface area contributed by atoms with Gasteiger partial charge in [0.05, 0.1) is 11.9 Å². The predicted molar refractivity (Wildman–Crippen MR) is 57.2 cm³/mol. The van der Waals surface area contributed by atoms with Crippen LogP contribution in [0.15, 0.2) is 6.20 Å². The highest BCUT2D eigenvalue weighted by Gasteiger charge is 2.23. The number of aromatic nitrogens is 2. The fourth-order valence-electron chi connectivity index (χ4n) is 1.69. The minimum Gasteiger partial charge on any atom is -0.384 e. The molecule has 0 aliphatic rings. The number of aliphatic hydroxyl groups is 1. The zero-order valence-electron chi connectivity index (χ0n) is 9.70. The van der Waals surface area contributed by atoms with Crippen molar-refractivity contribution in [3.8, 4) is 0 Å². The first kappa shape index (κ1) is 11.2. The first-order valence-electron chi connectivity index (χ1n) is 5.16. The van der Waals surface area contributed by atoms with Gasteiger partial charge in [-0.2, -0.15) is 0 Å².